The highest BCUT2D eigenvalue weighted by Crippen LogP contribution is 2.33. The minimum absolute atomic E-state index is 0. The summed E-state index contributed by atoms with van der Waals surface area (Å²) in [4.78, 5) is 2.63. The Kier molecular flexibility index (Phi) is 5.88. The highest BCUT2D eigenvalue weighted by Gasteiger charge is 2.28. The molecule has 0 N–H and O–H groups in total. The maximum atomic E-state index is 13.1. The number of fused-ring (bicyclic) bond motifs is 2. The molecule has 3 aromatic rings. The van der Waals surface area contributed by atoms with Crippen LogP contribution >= 0.6 is 12.4 Å². The van der Waals surface area contributed by atoms with E-state index in [2.05, 4.69) is 4.90 Å². The standard InChI is InChI=1S/C22H22N2O4S.ClH/c25-29(26,20-7-6-18-3-1-2-4-19(18)14-20)24-11-9-23(10-12-24)15-17-5-8-21-22(13-17)28-16-27-21;/h1-8,13-14H,9-12,15-16H2;1H. The SMILES string of the molecule is Cl.O=S(=O)(c1ccc2ccccc2c1)N1CCN(Cc2ccc3c(c2)OCO3)CC1. The van der Waals surface area contributed by atoms with E-state index in [0.29, 0.717) is 31.1 Å². The molecule has 0 bridgehead atoms. The fourth-order valence-electron chi connectivity index (χ4n) is 3.90. The number of hydrogen-bond donors (Lipinski definition) is 0. The van der Waals surface area contributed by atoms with Crippen molar-refractivity contribution in [2.75, 3.05) is 33.0 Å². The van der Waals surface area contributed by atoms with Gasteiger partial charge in [-0.1, -0.05) is 36.4 Å². The number of nitrogens with zero attached hydrogens (tertiary/aromatic N) is 2. The number of piperazine rings is 1. The molecule has 0 spiro atoms. The van der Waals surface area contributed by atoms with Crippen molar-refractivity contribution in [2.24, 2.45) is 0 Å². The van der Waals surface area contributed by atoms with Crippen LogP contribution in [0.4, 0.5) is 0 Å². The van der Waals surface area contributed by atoms with Crippen LogP contribution in [0.2, 0.25) is 0 Å². The van der Waals surface area contributed by atoms with Gasteiger partial charge >= 0.3 is 0 Å². The van der Waals surface area contributed by atoms with Gasteiger partial charge in [-0.05, 0) is 40.6 Å². The van der Waals surface area contributed by atoms with Crippen LogP contribution in [-0.2, 0) is 16.6 Å². The number of rotatable bonds is 4. The first-order valence-electron chi connectivity index (χ1n) is 9.69. The summed E-state index contributed by atoms with van der Waals surface area (Å²) in [6, 6.07) is 19.1. The molecule has 2 heterocycles. The van der Waals surface area contributed by atoms with Gasteiger partial charge in [0.2, 0.25) is 16.8 Å². The van der Waals surface area contributed by atoms with Crippen molar-refractivity contribution in [3.8, 4) is 11.5 Å². The molecule has 8 heteroatoms. The van der Waals surface area contributed by atoms with E-state index >= 15 is 0 Å². The second-order valence-corrected chi connectivity index (χ2v) is 9.31. The molecular formula is C22H23ClN2O4S. The monoisotopic (exact) mass is 446 g/mol. The van der Waals surface area contributed by atoms with Crippen LogP contribution in [0, 0.1) is 0 Å². The predicted molar refractivity (Wildman–Crippen MR) is 118 cm³/mol. The van der Waals surface area contributed by atoms with E-state index in [1.807, 2.05) is 48.5 Å². The molecule has 2 aliphatic rings. The number of ether oxygens (including phenoxy) is 2. The molecule has 0 aliphatic carbocycles. The summed E-state index contributed by atoms with van der Waals surface area (Å²) in [5.41, 5.74) is 1.14. The fourth-order valence-corrected chi connectivity index (χ4v) is 5.36. The van der Waals surface area contributed by atoms with Crippen LogP contribution in [-0.4, -0.2) is 50.6 Å². The normalized spacial score (nSPS) is 17.1. The van der Waals surface area contributed by atoms with Crippen LogP contribution in [0.25, 0.3) is 10.8 Å². The number of benzene rings is 3. The molecule has 1 fully saturated rings. The predicted octanol–water partition coefficient (Wildman–Crippen LogP) is 3.50. The molecule has 3 aromatic carbocycles. The average Bonchev–Trinajstić information content (AvgIpc) is 3.22. The molecule has 158 valence electrons. The van der Waals surface area contributed by atoms with Gasteiger partial charge in [0.25, 0.3) is 0 Å². The van der Waals surface area contributed by atoms with Crippen molar-refractivity contribution in [3.05, 3.63) is 66.2 Å². The Morgan fingerprint density at radius 2 is 1.53 bits per heavy atom. The lowest BCUT2D eigenvalue weighted by molar-refractivity contribution is 0.173. The molecule has 0 aromatic heterocycles. The van der Waals surface area contributed by atoms with E-state index in [1.54, 1.807) is 16.4 Å². The van der Waals surface area contributed by atoms with Crippen LogP contribution in [0.5, 0.6) is 11.5 Å². The Labute approximate surface area is 182 Å². The molecule has 30 heavy (non-hydrogen) atoms. The summed E-state index contributed by atoms with van der Waals surface area (Å²) < 4.78 is 38.6. The van der Waals surface area contributed by atoms with E-state index < -0.39 is 10.0 Å². The van der Waals surface area contributed by atoms with Crippen molar-refractivity contribution in [2.45, 2.75) is 11.4 Å². The Hall–Kier alpha value is -2.32. The van der Waals surface area contributed by atoms with Gasteiger partial charge in [-0.15, -0.1) is 12.4 Å². The van der Waals surface area contributed by atoms with Gasteiger partial charge in [-0.3, -0.25) is 4.90 Å². The summed E-state index contributed by atoms with van der Waals surface area (Å²) >= 11 is 0. The topological polar surface area (TPSA) is 59.1 Å². The molecule has 6 nitrogen and oxygen atoms in total. The van der Waals surface area contributed by atoms with E-state index in [9.17, 15) is 8.42 Å². The van der Waals surface area contributed by atoms with Gasteiger partial charge < -0.3 is 9.47 Å². The Morgan fingerprint density at radius 1 is 0.800 bits per heavy atom. The third-order valence-electron chi connectivity index (χ3n) is 5.53. The smallest absolute Gasteiger partial charge is 0.243 e. The summed E-state index contributed by atoms with van der Waals surface area (Å²) in [6.07, 6.45) is 0. The zero-order valence-electron chi connectivity index (χ0n) is 16.4. The van der Waals surface area contributed by atoms with Gasteiger partial charge in [-0.25, -0.2) is 8.42 Å². The van der Waals surface area contributed by atoms with Gasteiger partial charge in [0.1, 0.15) is 0 Å². The lowest BCUT2D eigenvalue weighted by Crippen LogP contribution is -2.48. The van der Waals surface area contributed by atoms with Crippen molar-refractivity contribution >= 4 is 33.2 Å². The van der Waals surface area contributed by atoms with E-state index in [0.717, 1.165) is 34.4 Å². The van der Waals surface area contributed by atoms with E-state index in [1.165, 1.54) is 0 Å². The summed E-state index contributed by atoms with van der Waals surface area (Å²) in [6.45, 7) is 3.40. The Bertz CT molecular complexity index is 1160. The zero-order valence-corrected chi connectivity index (χ0v) is 18.0. The second-order valence-electron chi connectivity index (χ2n) is 7.38. The molecular weight excluding hydrogens is 424 g/mol. The Balaban J connectivity index is 0.00000218. The highest BCUT2D eigenvalue weighted by atomic mass is 35.5. The lowest BCUT2D eigenvalue weighted by atomic mass is 10.1. The number of sulfonamides is 1. The van der Waals surface area contributed by atoms with E-state index in [-0.39, 0.29) is 19.2 Å². The van der Waals surface area contributed by atoms with Crippen molar-refractivity contribution in [3.63, 3.8) is 0 Å². The quantitative estimate of drug-likeness (QED) is 0.614. The van der Waals surface area contributed by atoms with Crippen molar-refractivity contribution in [1.29, 1.82) is 0 Å². The van der Waals surface area contributed by atoms with Crippen LogP contribution in [0.3, 0.4) is 0 Å². The summed E-state index contributed by atoms with van der Waals surface area (Å²) in [5.74, 6) is 1.56. The van der Waals surface area contributed by atoms with Crippen LogP contribution in [0.15, 0.2) is 65.6 Å². The molecule has 0 saturated carbocycles. The van der Waals surface area contributed by atoms with Crippen molar-refractivity contribution in [1.82, 2.24) is 9.21 Å². The second kappa shape index (κ2) is 8.43. The van der Waals surface area contributed by atoms with Crippen LogP contribution in [0.1, 0.15) is 5.56 Å². The van der Waals surface area contributed by atoms with E-state index in [4.69, 9.17) is 9.47 Å². The molecule has 0 unspecified atom stereocenters. The fraction of sp³-hybridized carbons (Fsp3) is 0.273. The first-order chi connectivity index (χ1) is 14.1. The first kappa shape index (κ1) is 20.9. The largest absolute Gasteiger partial charge is 0.454 e. The van der Waals surface area contributed by atoms with Gasteiger partial charge in [0.15, 0.2) is 11.5 Å². The molecule has 2 aliphatic heterocycles. The van der Waals surface area contributed by atoms with Crippen molar-refractivity contribution < 1.29 is 17.9 Å². The summed E-state index contributed by atoms with van der Waals surface area (Å²) in [7, 11) is -3.49. The molecule has 5 rings (SSSR count). The minimum Gasteiger partial charge on any atom is -0.454 e. The molecule has 1 saturated heterocycles. The highest BCUT2D eigenvalue weighted by molar-refractivity contribution is 7.89. The Morgan fingerprint density at radius 3 is 2.33 bits per heavy atom. The third-order valence-corrected chi connectivity index (χ3v) is 7.43. The maximum Gasteiger partial charge on any atom is 0.243 e. The zero-order chi connectivity index (χ0) is 19.8. The average molecular weight is 447 g/mol. The maximum absolute atomic E-state index is 13.1. The van der Waals surface area contributed by atoms with Gasteiger partial charge in [-0.2, -0.15) is 4.31 Å². The van der Waals surface area contributed by atoms with Gasteiger partial charge in [0, 0.05) is 32.7 Å². The molecule has 0 radical (unpaired) electrons. The van der Waals surface area contributed by atoms with Crippen LogP contribution < -0.4 is 9.47 Å². The number of hydrogen-bond acceptors (Lipinski definition) is 5. The molecule has 0 amide bonds. The third kappa shape index (κ3) is 3.98. The first-order valence-corrected chi connectivity index (χ1v) is 11.1. The summed E-state index contributed by atoms with van der Waals surface area (Å²) in [5, 5.41) is 1.98. The molecule has 0 atom stereocenters. The van der Waals surface area contributed by atoms with Gasteiger partial charge in [0.05, 0.1) is 4.90 Å². The lowest BCUT2D eigenvalue weighted by Gasteiger charge is -2.34. The number of halogens is 1. The minimum atomic E-state index is -3.49.